The largest absolute Gasteiger partial charge is 0.342 e. The number of pyridine rings is 1. The van der Waals surface area contributed by atoms with Crippen LogP contribution in [-0.4, -0.2) is 38.7 Å². The van der Waals surface area contributed by atoms with E-state index >= 15 is 0 Å². The second-order valence-electron chi connectivity index (χ2n) is 6.87. The van der Waals surface area contributed by atoms with Gasteiger partial charge in [-0.2, -0.15) is 5.10 Å². The Kier molecular flexibility index (Phi) is 4.08. The van der Waals surface area contributed by atoms with Crippen LogP contribution in [0.3, 0.4) is 0 Å². The van der Waals surface area contributed by atoms with Crippen LogP contribution in [0, 0.1) is 0 Å². The third-order valence-electron chi connectivity index (χ3n) is 5.51. The van der Waals surface area contributed by atoms with Gasteiger partial charge in [0.15, 0.2) is 0 Å². The summed E-state index contributed by atoms with van der Waals surface area (Å²) in [5.41, 5.74) is 3.57. The van der Waals surface area contributed by atoms with Gasteiger partial charge in [-0.1, -0.05) is 6.07 Å². The summed E-state index contributed by atoms with van der Waals surface area (Å²) in [6.45, 7) is 4.70. The molecule has 0 spiro atoms. The van der Waals surface area contributed by atoms with Gasteiger partial charge < -0.3 is 4.90 Å². The maximum Gasteiger partial charge on any atom is 0.231 e. The number of aryl methyl sites for hydroxylation is 2. The highest BCUT2D eigenvalue weighted by Crippen LogP contribution is 2.35. The molecule has 0 aromatic carbocycles. The van der Waals surface area contributed by atoms with Crippen LogP contribution in [0.4, 0.5) is 0 Å². The normalized spacial score (nSPS) is 21.0. The van der Waals surface area contributed by atoms with E-state index in [9.17, 15) is 4.79 Å². The SMILES string of the molecule is CCn1cc(C2CCN(C(=O)C3CCc4cccnc43)CC2)cn1. The number of fused-ring (bicyclic) bond motifs is 1. The van der Waals surface area contributed by atoms with Gasteiger partial charge >= 0.3 is 0 Å². The van der Waals surface area contributed by atoms with E-state index in [0.717, 1.165) is 51.0 Å². The lowest BCUT2D eigenvalue weighted by Gasteiger charge is -2.33. The molecule has 2 aromatic heterocycles. The molecular formula is C19H24N4O. The zero-order chi connectivity index (χ0) is 16.5. The summed E-state index contributed by atoms with van der Waals surface area (Å²) in [5, 5.41) is 4.38. The number of likely N-dealkylation sites (tertiary alicyclic amines) is 1. The minimum atomic E-state index is -0.0272. The van der Waals surface area contributed by atoms with E-state index in [2.05, 4.69) is 34.2 Å². The highest BCUT2D eigenvalue weighted by molar-refractivity contribution is 5.84. The third-order valence-corrected chi connectivity index (χ3v) is 5.51. The highest BCUT2D eigenvalue weighted by Gasteiger charge is 2.34. The first-order valence-corrected chi connectivity index (χ1v) is 9.01. The first-order valence-electron chi connectivity index (χ1n) is 9.01. The number of carbonyl (C=O) groups excluding carboxylic acids is 1. The third kappa shape index (κ3) is 2.72. The number of rotatable bonds is 3. The Labute approximate surface area is 142 Å². The van der Waals surface area contributed by atoms with Gasteiger partial charge in [0.2, 0.25) is 5.91 Å². The predicted molar refractivity (Wildman–Crippen MR) is 91.8 cm³/mol. The Morgan fingerprint density at radius 1 is 1.29 bits per heavy atom. The van der Waals surface area contributed by atoms with Gasteiger partial charge in [0.1, 0.15) is 0 Å². The van der Waals surface area contributed by atoms with Gasteiger partial charge in [0, 0.05) is 32.0 Å². The summed E-state index contributed by atoms with van der Waals surface area (Å²) in [6.07, 6.45) is 9.90. The van der Waals surface area contributed by atoms with Crippen molar-refractivity contribution in [3.63, 3.8) is 0 Å². The van der Waals surface area contributed by atoms with Gasteiger partial charge in [-0.25, -0.2) is 0 Å². The van der Waals surface area contributed by atoms with Crippen molar-refractivity contribution in [2.75, 3.05) is 13.1 Å². The molecule has 4 rings (SSSR count). The fraction of sp³-hybridized carbons (Fsp3) is 0.526. The summed E-state index contributed by atoms with van der Waals surface area (Å²) < 4.78 is 1.98. The summed E-state index contributed by atoms with van der Waals surface area (Å²) in [7, 11) is 0. The molecule has 0 bridgehead atoms. The number of carbonyl (C=O) groups is 1. The summed E-state index contributed by atoms with van der Waals surface area (Å²) in [5.74, 6) is 0.777. The van der Waals surface area contributed by atoms with E-state index in [0.29, 0.717) is 5.92 Å². The standard InChI is InChI=1S/C19H24N4O/c1-2-23-13-16(12-21-23)14-7-10-22(11-8-14)19(24)17-6-5-15-4-3-9-20-18(15)17/h3-4,9,12-14,17H,2,5-8,10-11H2,1H3. The smallest absolute Gasteiger partial charge is 0.231 e. The van der Waals surface area contributed by atoms with Crippen LogP contribution in [0.2, 0.25) is 0 Å². The lowest BCUT2D eigenvalue weighted by atomic mass is 9.90. The molecule has 0 radical (unpaired) electrons. The van der Waals surface area contributed by atoms with Gasteiger partial charge in [0.25, 0.3) is 0 Å². The van der Waals surface area contributed by atoms with Gasteiger partial charge in [-0.15, -0.1) is 0 Å². The number of hydrogen-bond acceptors (Lipinski definition) is 3. The van der Waals surface area contributed by atoms with Crippen molar-refractivity contribution < 1.29 is 4.79 Å². The molecule has 1 unspecified atom stereocenters. The van der Waals surface area contributed by atoms with E-state index in [1.807, 2.05) is 23.1 Å². The molecule has 3 heterocycles. The molecule has 126 valence electrons. The summed E-state index contributed by atoms with van der Waals surface area (Å²) >= 11 is 0. The fourth-order valence-electron chi connectivity index (χ4n) is 4.07. The summed E-state index contributed by atoms with van der Waals surface area (Å²) in [4.78, 5) is 19.4. The molecule has 1 aliphatic carbocycles. The fourth-order valence-corrected chi connectivity index (χ4v) is 4.07. The van der Waals surface area contributed by atoms with E-state index in [1.165, 1.54) is 11.1 Å². The first-order chi connectivity index (χ1) is 11.8. The van der Waals surface area contributed by atoms with Crippen LogP contribution in [0.5, 0.6) is 0 Å². The molecule has 1 saturated heterocycles. The quantitative estimate of drug-likeness (QED) is 0.872. The molecular weight excluding hydrogens is 300 g/mol. The molecule has 2 aliphatic rings. The van der Waals surface area contributed by atoms with Crippen LogP contribution < -0.4 is 0 Å². The number of aromatic nitrogens is 3. The Morgan fingerprint density at radius 2 is 2.12 bits per heavy atom. The number of nitrogens with zero attached hydrogens (tertiary/aromatic N) is 4. The maximum atomic E-state index is 12.9. The first kappa shape index (κ1) is 15.4. The molecule has 0 saturated carbocycles. The lowest BCUT2D eigenvalue weighted by molar-refractivity contribution is -0.133. The lowest BCUT2D eigenvalue weighted by Crippen LogP contribution is -2.40. The Balaban J connectivity index is 1.40. The molecule has 1 fully saturated rings. The zero-order valence-electron chi connectivity index (χ0n) is 14.2. The number of hydrogen-bond donors (Lipinski definition) is 0. The second kappa shape index (κ2) is 6.38. The molecule has 2 aromatic rings. The minimum absolute atomic E-state index is 0.0272. The molecule has 24 heavy (non-hydrogen) atoms. The number of amides is 1. The van der Waals surface area contributed by atoms with Crippen molar-refractivity contribution in [2.45, 2.75) is 51.0 Å². The van der Waals surface area contributed by atoms with E-state index < -0.39 is 0 Å². The van der Waals surface area contributed by atoms with Crippen molar-refractivity contribution in [1.82, 2.24) is 19.7 Å². The molecule has 1 aliphatic heterocycles. The van der Waals surface area contributed by atoms with Crippen LogP contribution >= 0.6 is 0 Å². The van der Waals surface area contributed by atoms with Crippen LogP contribution in [0.15, 0.2) is 30.7 Å². The Morgan fingerprint density at radius 3 is 2.88 bits per heavy atom. The monoisotopic (exact) mass is 324 g/mol. The van der Waals surface area contributed by atoms with Crippen LogP contribution in [0.25, 0.3) is 0 Å². The maximum absolute atomic E-state index is 12.9. The topological polar surface area (TPSA) is 51.0 Å². The van der Waals surface area contributed by atoms with Crippen molar-refractivity contribution in [2.24, 2.45) is 0 Å². The highest BCUT2D eigenvalue weighted by atomic mass is 16.2. The van der Waals surface area contributed by atoms with E-state index in [-0.39, 0.29) is 11.8 Å². The van der Waals surface area contributed by atoms with Crippen molar-refractivity contribution in [1.29, 1.82) is 0 Å². The van der Waals surface area contributed by atoms with E-state index in [1.54, 1.807) is 0 Å². The summed E-state index contributed by atoms with van der Waals surface area (Å²) in [6, 6.07) is 4.07. The van der Waals surface area contributed by atoms with Gasteiger partial charge in [-0.3, -0.25) is 14.5 Å². The van der Waals surface area contributed by atoms with Crippen LogP contribution in [-0.2, 0) is 17.8 Å². The second-order valence-corrected chi connectivity index (χ2v) is 6.87. The van der Waals surface area contributed by atoms with E-state index in [4.69, 9.17) is 0 Å². The minimum Gasteiger partial charge on any atom is -0.342 e. The van der Waals surface area contributed by atoms with Gasteiger partial charge in [-0.05, 0) is 55.7 Å². The molecule has 0 N–H and O–H groups in total. The van der Waals surface area contributed by atoms with Crippen molar-refractivity contribution in [3.05, 3.63) is 47.5 Å². The van der Waals surface area contributed by atoms with Crippen molar-refractivity contribution in [3.8, 4) is 0 Å². The Hall–Kier alpha value is -2.17. The average Bonchev–Trinajstić information content (AvgIpc) is 3.28. The molecule has 5 heteroatoms. The number of piperidine rings is 1. The Bertz CT molecular complexity index is 730. The van der Waals surface area contributed by atoms with Crippen LogP contribution in [0.1, 0.15) is 54.8 Å². The van der Waals surface area contributed by atoms with Gasteiger partial charge in [0.05, 0.1) is 17.8 Å². The molecule has 1 atom stereocenters. The molecule has 1 amide bonds. The predicted octanol–water partition coefficient (Wildman–Crippen LogP) is 2.73. The molecule has 5 nitrogen and oxygen atoms in total. The van der Waals surface area contributed by atoms with Crippen molar-refractivity contribution >= 4 is 5.91 Å². The average molecular weight is 324 g/mol. The zero-order valence-corrected chi connectivity index (χ0v) is 14.2.